The van der Waals surface area contributed by atoms with E-state index in [1.54, 1.807) is 18.2 Å². The molecule has 1 heterocycles. The number of urea groups is 1. The largest absolute Gasteiger partial charge is 0.351 e. The molecule has 0 atom stereocenters. The number of nitrogens with zero attached hydrogens (tertiary/aromatic N) is 2. The second-order valence-corrected chi connectivity index (χ2v) is 6.09. The highest BCUT2D eigenvalue weighted by molar-refractivity contribution is 7.99. The van der Waals surface area contributed by atoms with Gasteiger partial charge in [-0.15, -0.1) is 0 Å². The Kier molecular flexibility index (Phi) is 5.62. The maximum atomic E-state index is 12.6. The molecule has 0 aliphatic rings. The third-order valence-electron chi connectivity index (χ3n) is 2.92. The van der Waals surface area contributed by atoms with Crippen LogP contribution in [-0.4, -0.2) is 27.2 Å². The molecule has 0 unspecified atom stereocenters. The lowest BCUT2D eigenvalue weighted by Crippen LogP contribution is -2.36. The van der Waals surface area contributed by atoms with Crippen LogP contribution in [0.15, 0.2) is 28.2 Å². The minimum atomic E-state index is -0.917. The molecule has 2 rings (SSSR count). The van der Waals surface area contributed by atoms with Crippen molar-refractivity contribution in [2.45, 2.75) is 25.0 Å². The van der Waals surface area contributed by atoms with Crippen molar-refractivity contribution in [3.05, 3.63) is 33.6 Å². The van der Waals surface area contributed by atoms with Crippen molar-refractivity contribution in [2.24, 2.45) is 5.73 Å². The summed E-state index contributed by atoms with van der Waals surface area (Å²) in [5, 5.41) is 3.30. The maximum absolute atomic E-state index is 12.6. The summed E-state index contributed by atoms with van der Waals surface area (Å²) in [6.45, 7) is 2.41. The van der Waals surface area contributed by atoms with Gasteiger partial charge in [0.1, 0.15) is 0 Å². The summed E-state index contributed by atoms with van der Waals surface area (Å²) >= 11 is 7.00. The van der Waals surface area contributed by atoms with Crippen LogP contribution in [-0.2, 0) is 11.3 Å². The summed E-state index contributed by atoms with van der Waals surface area (Å²) in [5.74, 6) is -0.628. The van der Waals surface area contributed by atoms with Gasteiger partial charge < -0.3 is 5.73 Å². The zero-order chi connectivity index (χ0) is 17.0. The highest BCUT2D eigenvalue weighted by atomic mass is 35.5. The molecule has 0 saturated carbocycles. The van der Waals surface area contributed by atoms with Gasteiger partial charge in [0.15, 0.2) is 5.16 Å². The molecule has 0 saturated heterocycles. The number of benzene rings is 1. The first-order valence-corrected chi connectivity index (χ1v) is 8.21. The topological polar surface area (TPSA) is 107 Å². The fraction of sp³-hybridized carbons (Fsp3) is 0.286. The van der Waals surface area contributed by atoms with Gasteiger partial charge in [-0.05, 0) is 24.6 Å². The molecule has 0 aliphatic carbocycles. The molecule has 1 aromatic carbocycles. The third-order valence-corrected chi connectivity index (χ3v) is 4.14. The predicted octanol–water partition coefficient (Wildman–Crippen LogP) is 1.75. The number of nitrogens with one attached hydrogen (secondary N) is 1. The number of carbonyl (C=O) groups is 2. The van der Waals surface area contributed by atoms with Gasteiger partial charge in [-0.2, -0.15) is 0 Å². The normalized spacial score (nSPS) is 10.7. The quantitative estimate of drug-likeness (QED) is 0.628. The van der Waals surface area contributed by atoms with Gasteiger partial charge in [0.05, 0.1) is 16.7 Å². The summed E-state index contributed by atoms with van der Waals surface area (Å²) in [6, 6.07) is 3.95. The van der Waals surface area contributed by atoms with Crippen LogP contribution < -0.4 is 16.6 Å². The Bertz CT molecular complexity index is 822. The van der Waals surface area contributed by atoms with Crippen LogP contribution in [0.2, 0.25) is 5.02 Å². The first-order valence-electron chi connectivity index (χ1n) is 6.84. The van der Waals surface area contributed by atoms with E-state index in [1.807, 2.05) is 12.2 Å². The van der Waals surface area contributed by atoms with Crippen LogP contribution in [0.4, 0.5) is 4.79 Å². The summed E-state index contributed by atoms with van der Waals surface area (Å²) in [5.41, 5.74) is 5.17. The van der Waals surface area contributed by atoms with Crippen molar-refractivity contribution in [1.82, 2.24) is 14.9 Å². The molecule has 23 heavy (non-hydrogen) atoms. The number of rotatable bonds is 5. The number of aromatic nitrogens is 2. The average Bonchev–Trinajstić information content (AvgIpc) is 2.47. The van der Waals surface area contributed by atoms with Crippen molar-refractivity contribution in [3.8, 4) is 0 Å². The summed E-state index contributed by atoms with van der Waals surface area (Å²) in [6.07, 6.45) is 0.738. The minimum Gasteiger partial charge on any atom is -0.351 e. The number of fused-ring (bicyclic) bond motifs is 1. The highest BCUT2D eigenvalue weighted by Gasteiger charge is 2.13. The first-order chi connectivity index (χ1) is 10.9. The lowest BCUT2D eigenvalue weighted by Gasteiger charge is -2.12. The molecule has 9 heteroatoms. The lowest BCUT2D eigenvalue weighted by atomic mass is 10.2. The maximum Gasteiger partial charge on any atom is 0.318 e. The smallest absolute Gasteiger partial charge is 0.318 e. The molecule has 3 N–H and O–H groups in total. The van der Waals surface area contributed by atoms with Crippen molar-refractivity contribution >= 4 is 46.2 Å². The highest BCUT2D eigenvalue weighted by Crippen LogP contribution is 2.20. The van der Waals surface area contributed by atoms with E-state index in [0.717, 1.165) is 18.2 Å². The molecule has 0 spiro atoms. The van der Waals surface area contributed by atoms with Crippen molar-refractivity contribution in [2.75, 3.05) is 5.75 Å². The van der Waals surface area contributed by atoms with E-state index >= 15 is 0 Å². The molecule has 7 nitrogen and oxygen atoms in total. The second-order valence-electron chi connectivity index (χ2n) is 4.71. The Morgan fingerprint density at radius 2 is 2.17 bits per heavy atom. The third kappa shape index (κ3) is 4.23. The van der Waals surface area contributed by atoms with Crippen molar-refractivity contribution in [1.29, 1.82) is 0 Å². The molecule has 3 amide bonds. The van der Waals surface area contributed by atoms with Crippen LogP contribution in [0.1, 0.15) is 13.3 Å². The Hall–Kier alpha value is -2.06. The number of hydrogen-bond acceptors (Lipinski definition) is 5. The van der Waals surface area contributed by atoms with Crippen LogP contribution >= 0.6 is 23.4 Å². The number of amides is 3. The molecule has 0 aliphatic heterocycles. The molecule has 0 fully saturated rings. The predicted molar refractivity (Wildman–Crippen MR) is 89.8 cm³/mol. The van der Waals surface area contributed by atoms with Crippen LogP contribution in [0.3, 0.4) is 0 Å². The fourth-order valence-corrected chi connectivity index (χ4v) is 3.00. The van der Waals surface area contributed by atoms with E-state index in [-0.39, 0.29) is 11.3 Å². The van der Waals surface area contributed by atoms with E-state index in [4.69, 9.17) is 17.3 Å². The van der Waals surface area contributed by atoms with Gasteiger partial charge in [0.25, 0.3) is 5.56 Å². The molecule has 0 bridgehead atoms. The number of primary amides is 1. The van der Waals surface area contributed by atoms with Crippen LogP contribution in [0, 0.1) is 0 Å². The average molecular weight is 355 g/mol. The van der Waals surface area contributed by atoms with E-state index in [0.29, 0.717) is 27.6 Å². The molecular formula is C14H15ClN4O3S. The first kappa shape index (κ1) is 17.3. The monoisotopic (exact) mass is 354 g/mol. The van der Waals surface area contributed by atoms with Gasteiger partial charge in [0, 0.05) is 11.6 Å². The van der Waals surface area contributed by atoms with Crippen LogP contribution in [0.25, 0.3) is 10.9 Å². The zero-order valence-corrected chi connectivity index (χ0v) is 13.9. The van der Waals surface area contributed by atoms with E-state index in [9.17, 15) is 14.4 Å². The van der Waals surface area contributed by atoms with Gasteiger partial charge >= 0.3 is 6.03 Å². The molecule has 122 valence electrons. The molecule has 2 aromatic rings. The Labute approximate surface area is 141 Å². The van der Waals surface area contributed by atoms with Gasteiger partial charge in [0.2, 0.25) is 5.91 Å². The summed E-state index contributed by atoms with van der Waals surface area (Å²) in [4.78, 5) is 39.2. The van der Waals surface area contributed by atoms with Gasteiger partial charge in [-0.1, -0.05) is 30.3 Å². The summed E-state index contributed by atoms with van der Waals surface area (Å²) in [7, 11) is 0. The van der Waals surface area contributed by atoms with E-state index in [2.05, 4.69) is 4.98 Å². The zero-order valence-electron chi connectivity index (χ0n) is 12.3. The van der Waals surface area contributed by atoms with Gasteiger partial charge in [-0.25, -0.2) is 9.78 Å². The summed E-state index contributed by atoms with van der Waals surface area (Å²) < 4.78 is 1.51. The number of imide groups is 1. The number of nitrogens with two attached hydrogens (primary N) is 1. The molecular weight excluding hydrogens is 340 g/mol. The standard InChI is InChI=1S/C14H15ClN4O3S/c1-2-5-19-12(21)9-4-3-8(15)6-10(9)17-14(19)23-7-11(20)18-13(16)22/h3-4,6H,2,5,7H2,1H3,(H3,16,18,20,22). The minimum absolute atomic E-state index is 0.0782. The van der Waals surface area contributed by atoms with E-state index in [1.165, 1.54) is 4.57 Å². The molecule has 0 radical (unpaired) electrons. The van der Waals surface area contributed by atoms with Crippen molar-refractivity contribution in [3.63, 3.8) is 0 Å². The number of halogens is 1. The number of thioether (sulfide) groups is 1. The molecule has 1 aromatic heterocycles. The van der Waals surface area contributed by atoms with Crippen LogP contribution in [0.5, 0.6) is 0 Å². The Morgan fingerprint density at radius 1 is 1.43 bits per heavy atom. The fourth-order valence-electron chi connectivity index (χ4n) is 2.01. The Morgan fingerprint density at radius 3 is 2.83 bits per heavy atom. The van der Waals surface area contributed by atoms with E-state index < -0.39 is 11.9 Å². The number of carbonyl (C=O) groups excluding carboxylic acids is 2. The lowest BCUT2D eigenvalue weighted by molar-refractivity contribution is -0.117. The Balaban J connectivity index is 2.40. The van der Waals surface area contributed by atoms with Gasteiger partial charge in [-0.3, -0.25) is 19.5 Å². The van der Waals surface area contributed by atoms with Crippen molar-refractivity contribution < 1.29 is 9.59 Å². The SMILES string of the molecule is CCCn1c(SCC(=O)NC(N)=O)nc2cc(Cl)ccc2c1=O. The number of hydrogen-bond donors (Lipinski definition) is 2. The second kappa shape index (κ2) is 7.47.